The minimum absolute atomic E-state index is 0.0103. The smallest absolute Gasteiger partial charge is 0.229 e. The molecule has 1 aromatic rings. The van der Waals surface area contributed by atoms with Crippen molar-refractivity contribution in [3.8, 4) is 0 Å². The second-order valence-electron chi connectivity index (χ2n) is 4.97. The Labute approximate surface area is 130 Å². The summed E-state index contributed by atoms with van der Waals surface area (Å²) in [6.45, 7) is 2.00. The number of sulfonamides is 1. The number of halogens is 1. The lowest BCUT2D eigenvalue weighted by Gasteiger charge is -2.26. The first-order valence-electron chi connectivity index (χ1n) is 6.68. The average Bonchev–Trinajstić information content (AvgIpc) is 2.46. The third-order valence-corrected chi connectivity index (χ3v) is 7.44. The van der Waals surface area contributed by atoms with Crippen LogP contribution in [0.3, 0.4) is 0 Å². The Hall–Kier alpha value is -0.630. The van der Waals surface area contributed by atoms with Crippen molar-refractivity contribution in [1.82, 2.24) is 4.31 Å². The number of nitrogens with zero attached hydrogens (tertiary/aromatic N) is 1. The lowest BCUT2D eigenvalue weighted by atomic mass is 10.1. The van der Waals surface area contributed by atoms with E-state index < -0.39 is 19.9 Å². The van der Waals surface area contributed by atoms with E-state index in [2.05, 4.69) is 0 Å². The van der Waals surface area contributed by atoms with Crippen molar-refractivity contribution in [3.05, 3.63) is 29.3 Å². The van der Waals surface area contributed by atoms with Crippen molar-refractivity contribution < 1.29 is 16.8 Å². The van der Waals surface area contributed by atoms with Crippen LogP contribution in [0.5, 0.6) is 0 Å². The van der Waals surface area contributed by atoms with E-state index in [-0.39, 0.29) is 35.4 Å². The molecule has 21 heavy (non-hydrogen) atoms. The maximum Gasteiger partial charge on any atom is 0.243 e. The molecule has 118 valence electrons. The zero-order chi connectivity index (χ0) is 15.7. The van der Waals surface area contributed by atoms with Crippen LogP contribution in [-0.2, 0) is 32.2 Å². The molecule has 0 saturated carbocycles. The molecule has 1 aromatic carbocycles. The molecule has 0 amide bonds. The van der Waals surface area contributed by atoms with Gasteiger partial charge in [-0.05, 0) is 29.7 Å². The molecule has 0 spiro atoms. The molecule has 5 nitrogen and oxygen atoms in total. The molecule has 0 atom stereocenters. The lowest BCUT2D eigenvalue weighted by Crippen LogP contribution is -2.43. The van der Waals surface area contributed by atoms with Gasteiger partial charge in [-0.3, -0.25) is 0 Å². The lowest BCUT2D eigenvalue weighted by molar-refractivity contribution is 0.430. The van der Waals surface area contributed by atoms with Crippen LogP contribution in [-0.4, -0.2) is 45.7 Å². The summed E-state index contributed by atoms with van der Waals surface area (Å²) in [5.74, 6) is 0.00415. The van der Waals surface area contributed by atoms with E-state index in [4.69, 9.17) is 11.6 Å². The van der Waals surface area contributed by atoms with Crippen LogP contribution in [0.1, 0.15) is 18.1 Å². The second kappa shape index (κ2) is 6.24. The summed E-state index contributed by atoms with van der Waals surface area (Å²) < 4.78 is 49.1. The fraction of sp³-hybridized carbons (Fsp3) is 0.538. The summed E-state index contributed by atoms with van der Waals surface area (Å²) >= 11 is 5.87. The summed E-state index contributed by atoms with van der Waals surface area (Å²) in [6, 6.07) is 4.92. The third kappa shape index (κ3) is 3.59. The molecule has 0 aromatic heterocycles. The van der Waals surface area contributed by atoms with Gasteiger partial charge in [0.15, 0.2) is 9.84 Å². The van der Waals surface area contributed by atoms with E-state index in [1.165, 1.54) is 4.31 Å². The molecule has 0 aliphatic carbocycles. The molecule has 2 rings (SSSR count). The van der Waals surface area contributed by atoms with Gasteiger partial charge in [0.2, 0.25) is 10.0 Å². The Kier molecular flexibility index (Phi) is 4.97. The predicted octanol–water partition coefficient (Wildman–Crippen LogP) is 1.41. The molecule has 1 heterocycles. The van der Waals surface area contributed by atoms with Crippen molar-refractivity contribution in [2.24, 2.45) is 0 Å². The maximum absolute atomic E-state index is 12.6. The molecule has 0 unspecified atom stereocenters. The molecule has 1 aliphatic heterocycles. The first-order valence-corrected chi connectivity index (χ1v) is 10.5. The van der Waals surface area contributed by atoms with Crippen LogP contribution in [0.2, 0.25) is 0 Å². The monoisotopic (exact) mass is 351 g/mol. The number of hydrogen-bond donors (Lipinski definition) is 0. The highest BCUT2D eigenvalue weighted by Crippen LogP contribution is 2.22. The summed E-state index contributed by atoms with van der Waals surface area (Å²) in [7, 11) is -6.77. The molecular formula is C13H18ClNO4S2. The van der Waals surface area contributed by atoms with Gasteiger partial charge in [-0.25, -0.2) is 16.8 Å². The van der Waals surface area contributed by atoms with Gasteiger partial charge >= 0.3 is 0 Å². The summed E-state index contributed by atoms with van der Waals surface area (Å²) in [5.41, 5.74) is 1.81. The van der Waals surface area contributed by atoms with Crippen molar-refractivity contribution >= 4 is 31.5 Å². The first-order chi connectivity index (χ1) is 9.80. The summed E-state index contributed by atoms with van der Waals surface area (Å²) in [6.07, 6.45) is 0.782. The Balaban J connectivity index is 2.32. The van der Waals surface area contributed by atoms with E-state index in [9.17, 15) is 16.8 Å². The molecule has 1 saturated heterocycles. The zero-order valence-electron chi connectivity index (χ0n) is 11.7. The van der Waals surface area contributed by atoms with Gasteiger partial charge in [-0.2, -0.15) is 4.31 Å². The second-order valence-corrected chi connectivity index (χ2v) is 9.48. The van der Waals surface area contributed by atoms with Gasteiger partial charge in [0.25, 0.3) is 0 Å². The van der Waals surface area contributed by atoms with Crippen LogP contribution < -0.4 is 0 Å². The van der Waals surface area contributed by atoms with E-state index in [0.717, 1.165) is 17.5 Å². The highest BCUT2D eigenvalue weighted by Gasteiger charge is 2.31. The summed E-state index contributed by atoms with van der Waals surface area (Å²) in [4.78, 5) is 0.176. The standard InChI is InChI=1S/C13H18ClNO4S2/c1-2-11-3-4-13(9-12(11)10-14)21(18,19)15-5-7-20(16,17)8-6-15/h3-4,9H,2,5-8,10H2,1H3. The maximum atomic E-state index is 12.6. The molecular weight excluding hydrogens is 334 g/mol. The highest BCUT2D eigenvalue weighted by atomic mass is 35.5. The van der Waals surface area contributed by atoms with E-state index in [1.807, 2.05) is 6.92 Å². The van der Waals surface area contributed by atoms with E-state index in [1.54, 1.807) is 18.2 Å². The normalized spacial score (nSPS) is 19.5. The van der Waals surface area contributed by atoms with Gasteiger partial charge in [-0.1, -0.05) is 13.0 Å². The molecule has 1 fully saturated rings. The number of alkyl halides is 1. The Bertz CT molecular complexity index is 715. The van der Waals surface area contributed by atoms with Crippen LogP contribution in [0.25, 0.3) is 0 Å². The first kappa shape index (κ1) is 16.7. The fourth-order valence-corrected chi connectivity index (χ4v) is 5.49. The van der Waals surface area contributed by atoms with Crippen LogP contribution in [0.4, 0.5) is 0 Å². The number of sulfone groups is 1. The Morgan fingerprint density at radius 1 is 1.19 bits per heavy atom. The van der Waals surface area contributed by atoms with E-state index >= 15 is 0 Å². The summed E-state index contributed by atoms with van der Waals surface area (Å²) in [5, 5.41) is 0. The zero-order valence-corrected chi connectivity index (χ0v) is 14.1. The minimum atomic E-state index is -3.66. The third-order valence-electron chi connectivity index (χ3n) is 3.64. The predicted molar refractivity (Wildman–Crippen MR) is 82.8 cm³/mol. The van der Waals surface area contributed by atoms with Crippen molar-refractivity contribution in [1.29, 1.82) is 0 Å². The van der Waals surface area contributed by atoms with Crippen LogP contribution in [0, 0.1) is 0 Å². The largest absolute Gasteiger partial charge is 0.243 e. The fourth-order valence-electron chi connectivity index (χ4n) is 2.32. The van der Waals surface area contributed by atoms with Gasteiger partial charge in [0.05, 0.1) is 16.4 Å². The molecule has 0 radical (unpaired) electrons. The van der Waals surface area contributed by atoms with Crippen LogP contribution in [0.15, 0.2) is 23.1 Å². The topological polar surface area (TPSA) is 71.5 Å². The van der Waals surface area contributed by atoms with Crippen molar-refractivity contribution in [2.45, 2.75) is 24.1 Å². The van der Waals surface area contributed by atoms with E-state index in [0.29, 0.717) is 0 Å². The molecule has 0 N–H and O–H groups in total. The van der Waals surface area contributed by atoms with Gasteiger partial charge in [0.1, 0.15) is 0 Å². The Morgan fingerprint density at radius 3 is 2.33 bits per heavy atom. The average molecular weight is 352 g/mol. The van der Waals surface area contributed by atoms with Crippen molar-refractivity contribution in [2.75, 3.05) is 24.6 Å². The SMILES string of the molecule is CCc1ccc(S(=O)(=O)N2CCS(=O)(=O)CC2)cc1CCl. The highest BCUT2D eigenvalue weighted by molar-refractivity contribution is 7.92. The quantitative estimate of drug-likeness (QED) is 0.769. The minimum Gasteiger partial charge on any atom is -0.229 e. The van der Waals surface area contributed by atoms with Crippen molar-refractivity contribution in [3.63, 3.8) is 0 Å². The van der Waals surface area contributed by atoms with Gasteiger partial charge < -0.3 is 0 Å². The Morgan fingerprint density at radius 2 is 1.81 bits per heavy atom. The number of hydrogen-bond acceptors (Lipinski definition) is 4. The number of aryl methyl sites for hydroxylation is 1. The number of rotatable bonds is 4. The molecule has 0 bridgehead atoms. The number of benzene rings is 1. The molecule has 1 aliphatic rings. The van der Waals surface area contributed by atoms with Crippen LogP contribution >= 0.6 is 11.6 Å². The van der Waals surface area contributed by atoms with Gasteiger partial charge in [-0.15, -0.1) is 11.6 Å². The molecule has 8 heteroatoms. The van der Waals surface area contributed by atoms with Gasteiger partial charge in [0, 0.05) is 19.0 Å².